The van der Waals surface area contributed by atoms with Crippen LogP contribution < -0.4 is 0 Å². The van der Waals surface area contributed by atoms with E-state index in [0.29, 0.717) is 12.0 Å². The number of nitrogens with zero attached hydrogens (tertiary/aromatic N) is 1. The summed E-state index contributed by atoms with van der Waals surface area (Å²) in [5.41, 5.74) is 0.315. The summed E-state index contributed by atoms with van der Waals surface area (Å²) in [5.74, 6) is -0.252. The van der Waals surface area contributed by atoms with Crippen LogP contribution in [0.3, 0.4) is 0 Å². The molecule has 1 aliphatic heterocycles. The van der Waals surface area contributed by atoms with Gasteiger partial charge in [-0.05, 0) is 57.0 Å². The van der Waals surface area contributed by atoms with Gasteiger partial charge in [0.25, 0.3) is 0 Å². The predicted octanol–water partition coefficient (Wildman–Crippen LogP) is 3.76. The fourth-order valence-corrected chi connectivity index (χ4v) is 3.35. The maximum absolute atomic E-state index is 13.9. The van der Waals surface area contributed by atoms with Crippen LogP contribution in [0, 0.1) is 5.82 Å². The first-order chi connectivity index (χ1) is 9.47. The molecule has 112 valence electrons. The molecule has 1 N–H and O–H groups in total. The predicted molar refractivity (Wildman–Crippen MR) is 83.3 cm³/mol. The van der Waals surface area contributed by atoms with Crippen LogP contribution in [0.2, 0.25) is 0 Å². The zero-order valence-corrected chi connectivity index (χ0v) is 13.8. The fraction of sp³-hybridized carbons (Fsp3) is 0.625. The van der Waals surface area contributed by atoms with Gasteiger partial charge in [0.1, 0.15) is 5.82 Å². The molecular weight excluding hydrogens is 321 g/mol. The van der Waals surface area contributed by atoms with E-state index in [1.54, 1.807) is 6.07 Å². The van der Waals surface area contributed by atoms with E-state index < -0.39 is 6.10 Å². The molecule has 1 aromatic carbocycles. The van der Waals surface area contributed by atoms with Crippen molar-refractivity contribution in [3.63, 3.8) is 0 Å². The Kier molecular flexibility index (Phi) is 5.21. The van der Waals surface area contributed by atoms with Gasteiger partial charge in [0.2, 0.25) is 0 Å². The minimum Gasteiger partial charge on any atom is -0.391 e. The van der Waals surface area contributed by atoms with Crippen LogP contribution in [0.4, 0.5) is 4.39 Å². The Balaban J connectivity index is 2.14. The molecule has 1 aromatic rings. The Bertz CT molecular complexity index is 462. The molecule has 0 bridgehead atoms. The number of aliphatic hydroxyl groups is 1. The lowest BCUT2D eigenvalue weighted by atomic mass is 9.86. The quantitative estimate of drug-likeness (QED) is 0.879. The van der Waals surface area contributed by atoms with Crippen molar-refractivity contribution in [1.29, 1.82) is 0 Å². The molecule has 1 fully saturated rings. The topological polar surface area (TPSA) is 23.5 Å². The van der Waals surface area contributed by atoms with Crippen molar-refractivity contribution in [1.82, 2.24) is 4.90 Å². The number of benzene rings is 1. The number of likely N-dealkylation sites (tertiary alicyclic amines) is 1. The van der Waals surface area contributed by atoms with Crippen LogP contribution in [0.5, 0.6) is 0 Å². The molecule has 1 heterocycles. The van der Waals surface area contributed by atoms with E-state index in [-0.39, 0.29) is 11.4 Å². The van der Waals surface area contributed by atoms with Crippen molar-refractivity contribution in [2.75, 3.05) is 13.1 Å². The van der Waals surface area contributed by atoms with E-state index in [4.69, 9.17) is 0 Å². The lowest BCUT2D eigenvalue weighted by Crippen LogP contribution is -2.53. The van der Waals surface area contributed by atoms with Crippen LogP contribution in [-0.4, -0.2) is 34.7 Å². The molecule has 0 saturated carbocycles. The van der Waals surface area contributed by atoms with Gasteiger partial charge in [0, 0.05) is 16.4 Å². The Labute approximate surface area is 129 Å². The summed E-state index contributed by atoms with van der Waals surface area (Å²) in [6.07, 6.45) is 3.05. The Morgan fingerprint density at radius 1 is 1.40 bits per heavy atom. The van der Waals surface area contributed by atoms with E-state index in [9.17, 15) is 9.50 Å². The molecule has 2 atom stereocenters. The Hall–Kier alpha value is -0.450. The molecule has 0 spiro atoms. The largest absolute Gasteiger partial charge is 0.391 e. The van der Waals surface area contributed by atoms with Gasteiger partial charge >= 0.3 is 0 Å². The standard InChI is InChI=1S/C16H23BrFNO/c1-3-16(2,19-8-4-5-9-19)15(20)10-12-6-7-13(17)11-14(12)18/h6-7,11,15,20H,3-5,8-10H2,1-2H3. The second-order valence-electron chi connectivity index (χ2n) is 5.86. The molecular formula is C16H23BrFNO. The number of hydrogen-bond acceptors (Lipinski definition) is 2. The van der Waals surface area contributed by atoms with Crippen LogP contribution in [0.15, 0.2) is 22.7 Å². The first-order valence-electron chi connectivity index (χ1n) is 7.34. The average Bonchev–Trinajstić information content (AvgIpc) is 2.95. The first kappa shape index (κ1) is 15.9. The van der Waals surface area contributed by atoms with Crippen LogP contribution in [0.25, 0.3) is 0 Å². The number of rotatable bonds is 5. The highest BCUT2D eigenvalue weighted by molar-refractivity contribution is 9.10. The van der Waals surface area contributed by atoms with Crippen molar-refractivity contribution in [3.05, 3.63) is 34.1 Å². The molecule has 0 radical (unpaired) electrons. The zero-order valence-electron chi connectivity index (χ0n) is 12.2. The lowest BCUT2D eigenvalue weighted by Gasteiger charge is -2.42. The summed E-state index contributed by atoms with van der Waals surface area (Å²) in [6, 6.07) is 5.04. The molecule has 0 aliphatic carbocycles. The molecule has 2 nitrogen and oxygen atoms in total. The van der Waals surface area contributed by atoms with Crippen LogP contribution in [-0.2, 0) is 6.42 Å². The van der Waals surface area contributed by atoms with E-state index >= 15 is 0 Å². The molecule has 1 saturated heterocycles. The number of halogens is 2. The summed E-state index contributed by atoms with van der Waals surface area (Å²) in [6.45, 7) is 6.26. The lowest BCUT2D eigenvalue weighted by molar-refractivity contribution is -0.0121. The van der Waals surface area contributed by atoms with Crippen molar-refractivity contribution in [2.45, 2.75) is 51.2 Å². The molecule has 1 aliphatic rings. The van der Waals surface area contributed by atoms with E-state index in [1.165, 1.54) is 18.9 Å². The molecule has 4 heteroatoms. The monoisotopic (exact) mass is 343 g/mol. The normalized spacial score (nSPS) is 20.9. The zero-order chi connectivity index (χ0) is 14.8. The highest BCUT2D eigenvalue weighted by Crippen LogP contribution is 2.30. The highest BCUT2D eigenvalue weighted by Gasteiger charge is 2.38. The minimum absolute atomic E-state index is 0.252. The molecule has 20 heavy (non-hydrogen) atoms. The fourth-order valence-electron chi connectivity index (χ4n) is 3.01. The highest BCUT2D eigenvalue weighted by atomic mass is 79.9. The van der Waals surface area contributed by atoms with Gasteiger partial charge in [-0.15, -0.1) is 0 Å². The Morgan fingerprint density at radius 2 is 2.05 bits per heavy atom. The summed E-state index contributed by atoms with van der Waals surface area (Å²) in [5, 5.41) is 10.7. The molecule has 2 rings (SSSR count). The van der Waals surface area contributed by atoms with Crippen molar-refractivity contribution in [3.8, 4) is 0 Å². The van der Waals surface area contributed by atoms with Gasteiger partial charge in [-0.2, -0.15) is 0 Å². The van der Waals surface area contributed by atoms with Gasteiger partial charge in [0.05, 0.1) is 6.10 Å². The van der Waals surface area contributed by atoms with E-state index in [2.05, 4.69) is 34.7 Å². The second kappa shape index (κ2) is 6.54. The van der Waals surface area contributed by atoms with Gasteiger partial charge in [0.15, 0.2) is 0 Å². The maximum Gasteiger partial charge on any atom is 0.127 e. The SMILES string of the molecule is CCC(C)(C(O)Cc1ccc(Br)cc1F)N1CCCC1. The molecule has 2 unspecified atom stereocenters. The van der Waals surface area contributed by atoms with Gasteiger partial charge < -0.3 is 5.11 Å². The second-order valence-corrected chi connectivity index (χ2v) is 6.78. The third-order valence-corrected chi connectivity index (χ3v) is 5.18. The number of hydrogen-bond donors (Lipinski definition) is 1. The van der Waals surface area contributed by atoms with Gasteiger partial charge in [-0.3, -0.25) is 4.90 Å². The summed E-state index contributed by atoms with van der Waals surface area (Å²) >= 11 is 3.26. The summed E-state index contributed by atoms with van der Waals surface area (Å²) in [4.78, 5) is 2.36. The Morgan fingerprint density at radius 3 is 2.60 bits per heavy atom. The molecule has 0 amide bonds. The van der Waals surface area contributed by atoms with Crippen LogP contribution in [0.1, 0.15) is 38.7 Å². The summed E-state index contributed by atoms with van der Waals surface area (Å²) < 4.78 is 14.7. The molecule has 0 aromatic heterocycles. The van der Waals surface area contributed by atoms with Gasteiger partial charge in [-0.1, -0.05) is 28.9 Å². The maximum atomic E-state index is 13.9. The third kappa shape index (κ3) is 3.23. The first-order valence-corrected chi connectivity index (χ1v) is 8.13. The third-order valence-electron chi connectivity index (χ3n) is 4.69. The van der Waals surface area contributed by atoms with E-state index in [0.717, 1.165) is 24.0 Å². The number of aliphatic hydroxyl groups excluding tert-OH is 1. The smallest absolute Gasteiger partial charge is 0.127 e. The summed E-state index contributed by atoms with van der Waals surface area (Å²) in [7, 11) is 0. The van der Waals surface area contributed by atoms with Crippen molar-refractivity contribution in [2.24, 2.45) is 0 Å². The van der Waals surface area contributed by atoms with Crippen LogP contribution >= 0.6 is 15.9 Å². The average molecular weight is 344 g/mol. The van der Waals surface area contributed by atoms with Crippen molar-refractivity contribution < 1.29 is 9.50 Å². The van der Waals surface area contributed by atoms with Gasteiger partial charge in [-0.25, -0.2) is 4.39 Å². The van der Waals surface area contributed by atoms with E-state index in [1.807, 2.05) is 6.07 Å². The van der Waals surface area contributed by atoms with Crippen molar-refractivity contribution >= 4 is 15.9 Å². The minimum atomic E-state index is -0.554.